The van der Waals surface area contributed by atoms with E-state index in [1.807, 2.05) is 43.8 Å². The molecule has 0 unspecified atom stereocenters. The minimum Gasteiger partial charge on any atom is -0.283 e. The lowest BCUT2D eigenvalue weighted by molar-refractivity contribution is 1.04. The second-order valence-corrected chi connectivity index (χ2v) is 4.38. The van der Waals surface area contributed by atoms with Crippen LogP contribution in [0.25, 0.3) is 10.2 Å². The number of thiazole rings is 1. The standard InChI is InChI=1S/C7H5NS.C5H8N2/c1-2-4-7-6(3-1)8-5-9-7;1-4-3-6-7-5(4)2/h1-5H;3H,1-2H3,(H,6,7). The van der Waals surface area contributed by atoms with Crippen LogP contribution >= 0.6 is 11.3 Å². The van der Waals surface area contributed by atoms with E-state index in [9.17, 15) is 0 Å². The van der Waals surface area contributed by atoms with Crippen molar-refractivity contribution in [2.75, 3.05) is 0 Å². The Bertz CT molecular complexity index is 521. The van der Waals surface area contributed by atoms with Gasteiger partial charge in [-0.3, -0.25) is 5.10 Å². The summed E-state index contributed by atoms with van der Waals surface area (Å²) in [6, 6.07) is 8.13. The van der Waals surface area contributed by atoms with Gasteiger partial charge >= 0.3 is 0 Å². The zero-order valence-electron chi connectivity index (χ0n) is 9.27. The zero-order valence-corrected chi connectivity index (χ0v) is 10.1. The number of rotatable bonds is 0. The molecule has 1 aromatic carbocycles. The Morgan fingerprint density at radius 1 is 1.19 bits per heavy atom. The van der Waals surface area contributed by atoms with Crippen LogP contribution in [0.2, 0.25) is 0 Å². The van der Waals surface area contributed by atoms with E-state index < -0.39 is 0 Å². The van der Waals surface area contributed by atoms with Gasteiger partial charge in [-0.15, -0.1) is 11.3 Å². The van der Waals surface area contributed by atoms with Crippen LogP contribution in [0.5, 0.6) is 0 Å². The highest BCUT2D eigenvalue weighted by molar-refractivity contribution is 7.16. The number of hydrogen-bond donors (Lipinski definition) is 1. The smallest absolute Gasteiger partial charge is 0.0812 e. The molecule has 0 aliphatic rings. The minimum atomic E-state index is 1.10. The van der Waals surface area contributed by atoms with Gasteiger partial charge in [0.25, 0.3) is 0 Å². The second kappa shape index (κ2) is 4.90. The molecule has 0 aliphatic heterocycles. The number of H-pyrrole nitrogens is 1. The summed E-state index contributed by atoms with van der Waals surface area (Å²) in [5.74, 6) is 0. The highest BCUT2D eigenvalue weighted by Gasteiger charge is 1.89. The number of aromatic amines is 1. The lowest BCUT2D eigenvalue weighted by atomic mass is 10.3. The topological polar surface area (TPSA) is 41.6 Å². The molecule has 2 aromatic heterocycles. The lowest BCUT2D eigenvalue weighted by Gasteiger charge is -1.80. The summed E-state index contributed by atoms with van der Waals surface area (Å²) < 4.78 is 1.26. The summed E-state index contributed by atoms with van der Waals surface area (Å²) in [5.41, 5.74) is 5.34. The van der Waals surface area contributed by atoms with Gasteiger partial charge < -0.3 is 0 Å². The Hall–Kier alpha value is -1.68. The normalized spacial score (nSPS) is 9.88. The highest BCUT2D eigenvalue weighted by Crippen LogP contribution is 2.15. The molecule has 82 valence electrons. The molecule has 16 heavy (non-hydrogen) atoms. The summed E-state index contributed by atoms with van der Waals surface area (Å²) in [5, 5.41) is 6.61. The average Bonchev–Trinajstić information content (AvgIpc) is 2.89. The van der Waals surface area contributed by atoms with Crippen molar-refractivity contribution >= 4 is 21.6 Å². The quantitative estimate of drug-likeness (QED) is 0.645. The average molecular weight is 231 g/mol. The van der Waals surface area contributed by atoms with E-state index in [1.165, 1.54) is 10.3 Å². The number of hydrogen-bond acceptors (Lipinski definition) is 3. The molecule has 2 heterocycles. The van der Waals surface area contributed by atoms with Crippen LogP contribution in [-0.2, 0) is 0 Å². The van der Waals surface area contributed by atoms with Gasteiger partial charge in [0.1, 0.15) is 0 Å². The fraction of sp³-hybridized carbons (Fsp3) is 0.167. The largest absolute Gasteiger partial charge is 0.283 e. The van der Waals surface area contributed by atoms with Crippen molar-refractivity contribution in [2.45, 2.75) is 13.8 Å². The third-order valence-electron chi connectivity index (χ3n) is 2.32. The molecule has 4 heteroatoms. The van der Waals surface area contributed by atoms with Crippen LogP contribution in [0.15, 0.2) is 36.0 Å². The second-order valence-electron chi connectivity index (χ2n) is 3.50. The highest BCUT2D eigenvalue weighted by atomic mass is 32.1. The van der Waals surface area contributed by atoms with E-state index >= 15 is 0 Å². The number of nitrogens with one attached hydrogen (secondary N) is 1. The van der Waals surface area contributed by atoms with Gasteiger partial charge in [-0.2, -0.15) is 5.10 Å². The van der Waals surface area contributed by atoms with Gasteiger partial charge in [0.05, 0.1) is 21.9 Å². The van der Waals surface area contributed by atoms with Crippen molar-refractivity contribution in [3.05, 3.63) is 47.2 Å². The van der Waals surface area contributed by atoms with Crippen LogP contribution < -0.4 is 0 Å². The van der Waals surface area contributed by atoms with Gasteiger partial charge in [0.15, 0.2) is 0 Å². The van der Waals surface area contributed by atoms with Crippen molar-refractivity contribution < 1.29 is 0 Å². The third kappa shape index (κ3) is 2.46. The third-order valence-corrected chi connectivity index (χ3v) is 3.13. The van der Waals surface area contributed by atoms with E-state index in [0.29, 0.717) is 0 Å². The number of aryl methyl sites for hydroxylation is 2. The molecular formula is C12H13N3S. The van der Waals surface area contributed by atoms with Crippen molar-refractivity contribution in [1.29, 1.82) is 0 Å². The molecule has 0 spiro atoms. The van der Waals surface area contributed by atoms with Gasteiger partial charge in [0.2, 0.25) is 0 Å². The molecule has 0 saturated heterocycles. The SMILES string of the molecule is Cc1cn[nH]c1C.c1ccc2scnc2c1. The molecule has 0 fully saturated rings. The Balaban J connectivity index is 0.000000125. The molecular weight excluding hydrogens is 218 g/mol. The Morgan fingerprint density at radius 2 is 2.00 bits per heavy atom. The Kier molecular flexibility index (Phi) is 3.31. The maximum atomic E-state index is 4.14. The Morgan fingerprint density at radius 3 is 2.56 bits per heavy atom. The first kappa shape index (κ1) is 10.8. The summed E-state index contributed by atoms with van der Waals surface area (Å²) >= 11 is 1.68. The van der Waals surface area contributed by atoms with Gasteiger partial charge in [0, 0.05) is 5.69 Å². The maximum Gasteiger partial charge on any atom is 0.0812 e. The molecule has 0 radical (unpaired) electrons. The lowest BCUT2D eigenvalue weighted by Crippen LogP contribution is -1.70. The molecule has 3 aromatic rings. The fourth-order valence-electron chi connectivity index (χ4n) is 1.21. The van der Waals surface area contributed by atoms with E-state index in [2.05, 4.69) is 21.2 Å². The van der Waals surface area contributed by atoms with Gasteiger partial charge in [-0.05, 0) is 31.5 Å². The summed E-state index contributed by atoms with van der Waals surface area (Å²) in [7, 11) is 0. The summed E-state index contributed by atoms with van der Waals surface area (Å²) in [6.45, 7) is 4.03. The van der Waals surface area contributed by atoms with E-state index in [-0.39, 0.29) is 0 Å². The van der Waals surface area contributed by atoms with Crippen LogP contribution in [-0.4, -0.2) is 15.2 Å². The fourth-order valence-corrected chi connectivity index (χ4v) is 1.89. The predicted octanol–water partition coefficient (Wildman–Crippen LogP) is 3.32. The number of aromatic nitrogens is 3. The van der Waals surface area contributed by atoms with E-state index in [4.69, 9.17) is 0 Å². The van der Waals surface area contributed by atoms with Crippen molar-refractivity contribution in [3.63, 3.8) is 0 Å². The molecule has 0 atom stereocenters. The minimum absolute atomic E-state index is 1.10. The molecule has 0 bridgehead atoms. The number of fused-ring (bicyclic) bond motifs is 1. The molecule has 1 N–H and O–H groups in total. The number of nitrogens with zero attached hydrogens (tertiary/aromatic N) is 2. The molecule has 3 nitrogen and oxygen atoms in total. The molecule has 0 amide bonds. The summed E-state index contributed by atoms with van der Waals surface area (Å²) in [6.07, 6.45) is 1.81. The van der Waals surface area contributed by atoms with Crippen molar-refractivity contribution in [3.8, 4) is 0 Å². The monoisotopic (exact) mass is 231 g/mol. The summed E-state index contributed by atoms with van der Waals surface area (Å²) in [4.78, 5) is 4.14. The van der Waals surface area contributed by atoms with Crippen LogP contribution in [0, 0.1) is 13.8 Å². The van der Waals surface area contributed by atoms with Crippen molar-refractivity contribution in [2.24, 2.45) is 0 Å². The van der Waals surface area contributed by atoms with Gasteiger partial charge in [-0.1, -0.05) is 12.1 Å². The van der Waals surface area contributed by atoms with E-state index in [1.54, 1.807) is 11.3 Å². The van der Waals surface area contributed by atoms with Crippen LogP contribution in [0.4, 0.5) is 0 Å². The molecule has 0 aliphatic carbocycles. The molecule has 3 rings (SSSR count). The predicted molar refractivity (Wildman–Crippen MR) is 67.7 cm³/mol. The first-order valence-electron chi connectivity index (χ1n) is 5.02. The maximum absolute atomic E-state index is 4.14. The first-order chi connectivity index (χ1) is 7.77. The van der Waals surface area contributed by atoms with Crippen molar-refractivity contribution in [1.82, 2.24) is 15.2 Å². The zero-order chi connectivity index (χ0) is 11.4. The number of benzene rings is 1. The first-order valence-corrected chi connectivity index (χ1v) is 5.90. The van der Waals surface area contributed by atoms with Crippen LogP contribution in [0.3, 0.4) is 0 Å². The van der Waals surface area contributed by atoms with Gasteiger partial charge in [-0.25, -0.2) is 4.98 Å². The van der Waals surface area contributed by atoms with E-state index in [0.717, 1.165) is 11.2 Å². The Labute approximate surface area is 98.2 Å². The number of para-hydroxylation sites is 1. The van der Waals surface area contributed by atoms with Crippen LogP contribution in [0.1, 0.15) is 11.3 Å². The molecule has 0 saturated carbocycles.